The number of hydrogen-bond donors (Lipinski definition) is 2. The van der Waals surface area contributed by atoms with E-state index in [4.69, 9.17) is 22.4 Å². The molecule has 2 heterocycles. The van der Waals surface area contributed by atoms with Crippen LogP contribution < -0.4 is 5.84 Å². The number of pyridine rings is 2. The van der Waals surface area contributed by atoms with E-state index < -0.39 is 11.5 Å². The first-order valence-corrected chi connectivity index (χ1v) is 12.7. The number of aromatic nitrogens is 2. The summed E-state index contributed by atoms with van der Waals surface area (Å²) in [6, 6.07) is 15.2. The van der Waals surface area contributed by atoms with Crippen LogP contribution in [0, 0.1) is 20.8 Å². The molecular weight excluding hydrogens is 520 g/mol. The van der Waals surface area contributed by atoms with Gasteiger partial charge in [-0.05, 0) is 55.7 Å². The van der Waals surface area contributed by atoms with Crippen LogP contribution in [0.25, 0.3) is 10.9 Å². The minimum Gasteiger partial charge on any atom is -0.374 e. The van der Waals surface area contributed by atoms with Crippen molar-refractivity contribution in [3.05, 3.63) is 105 Å². The highest BCUT2D eigenvalue weighted by atomic mass is 35.5. The number of hydrazone groups is 1. The second-order valence-corrected chi connectivity index (χ2v) is 10.0. The molecule has 0 aliphatic carbocycles. The number of alkyl halides is 2. The van der Waals surface area contributed by atoms with Crippen molar-refractivity contribution >= 4 is 34.4 Å². The maximum atomic E-state index is 13.7. The maximum absolute atomic E-state index is 13.7. The number of benzene rings is 2. The average molecular weight is 550 g/mol. The Hall–Kier alpha value is -3.75. The number of rotatable bonds is 7. The van der Waals surface area contributed by atoms with Crippen molar-refractivity contribution in [2.45, 2.75) is 45.6 Å². The Balaban J connectivity index is 1.88. The normalized spacial score (nSPS) is 14.2. The molecule has 9 heteroatoms. The van der Waals surface area contributed by atoms with Crippen LogP contribution in [-0.2, 0) is 17.9 Å². The van der Waals surface area contributed by atoms with Crippen molar-refractivity contribution in [1.29, 1.82) is 0 Å². The first-order valence-electron chi connectivity index (χ1n) is 12.3. The molecule has 0 aliphatic heterocycles. The lowest BCUT2D eigenvalue weighted by molar-refractivity contribution is 0.0174. The second kappa shape index (κ2) is 10.8. The molecule has 0 saturated carbocycles. The number of aliphatic imine (C=N–C) groups is 1. The summed E-state index contributed by atoms with van der Waals surface area (Å²) < 4.78 is 27.3. The van der Waals surface area contributed by atoms with E-state index in [1.165, 1.54) is 18.3 Å². The summed E-state index contributed by atoms with van der Waals surface area (Å²) in [6.45, 7) is 6.42. The second-order valence-electron chi connectivity index (χ2n) is 9.67. The fourth-order valence-electron chi connectivity index (χ4n) is 4.82. The zero-order valence-electron chi connectivity index (χ0n) is 22.4. The highest BCUT2D eigenvalue weighted by Gasteiger charge is 2.39. The van der Waals surface area contributed by atoms with Gasteiger partial charge in [-0.15, -0.1) is 0 Å². The molecule has 4 aromatic rings. The standard InChI is InChI=1S/C30H30ClF2N5O/c1-17-6-12-25(19(3)37-17)30(39,27(35-5)16-36-34)22-11-13-26-24(15-22)28(31)23(18(2)38-26)14-20-7-9-21(10-8-20)29(4,32)33/h6-13,15-16,39H,14,34H2,1-5H3. The molecular formula is C30H30ClF2N5O. The monoisotopic (exact) mass is 549 g/mol. The van der Waals surface area contributed by atoms with Crippen LogP contribution in [0.5, 0.6) is 0 Å². The maximum Gasteiger partial charge on any atom is 0.270 e. The molecule has 6 nitrogen and oxygen atoms in total. The first kappa shape index (κ1) is 28.3. The quantitative estimate of drug-likeness (QED) is 0.164. The summed E-state index contributed by atoms with van der Waals surface area (Å²) in [5, 5.41) is 17.0. The predicted octanol–water partition coefficient (Wildman–Crippen LogP) is 6.16. The van der Waals surface area contributed by atoms with E-state index in [0.717, 1.165) is 29.4 Å². The lowest BCUT2D eigenvalue weighted by Crippen LogP contribution is -2.39. The number of halogens is 3. The minimum atomic E-state index is -2.91. The van der Waals surface area contributed by atoms with Gasteiger partial charge in [0.2, 0.25) is 0 Å². The van der Waals surface area contributed by atoms with E-state index in [-0.39, 0.29) is 11.3 Å². The Kier molecular flexibility index (Phi) is 7.82. The smallest absolute Gasteiger partial charge is 0.270 e. The van der Waals surface area contributed by atoms with Crippen molar-refractivity contribution in [1.82, 2.24) is 9.97 Å². The Morgan fingerprint density at radius 3 is 2.26 bits per heavy atom. The van der Waals surface area contributed by atoms with E-state index in [1.807, 2.05) is 26.8 Å². The summed E-state index contributed by atoms with van der Waals surface area (Å²) in [4.78, 5) is 13.6. The van der Waals surface area contributed by atoms with Crippen LogP contribution in [0.2, 0.25) is 5.02 Å². The number of hydrogen-bond acceptors (Lipinski definition) is 6. The average Bonchev–Trinajstić information content (AvgIpc) is 2.89. The van der Waals surface area contributed by atoms with Crippen molar-refractivity contribution in [3.8, 4) is 0 Å². The molecule has 2 aromatic carbocycles. The molecule has 0 spiro atoms. The molecule has 1 unspecified atom stereocenters. The van der Waals surface area contributed by atoms with Gasteiger partial charge in [0.1, 0.15) is 0 Å². The highest BCUT2D eigenvalue weighted by Crippen LogP contribution is 2.37. The lowest BCUT2D eigenvalue weighted by Gasteiger charge is -2.30. The zero-order valence-corrected chi connectivity index (χ0v) is 23.2. The Bertz CT molecular complexity index is 1600. The van der Waals surface area contributed by atoms with Gasteiger partial charge < -0.3 is 10.9 Å². The Morgan fingerprint density at radius 1 is 1.00 bits per heavy atom. The molecule has 0 amide bonds. The summed E-state index contributed by atoms with van der Waals surface area (Å²) in [6.07, 6.45) is 1.72. The Morgan fingerprint density at radius 2 is 1.67 bits per heavy atom. The third kappa shape index (κ3) is 5.40. The Labute approximate surface area is 231 Å². The van der Waals surface area contributed by atoms with Gasteiger partial charge in [-0.1, -0.05) is 48.0 Å². The van der Waals surface area contributed by atoms with Gasteiger partial charge in [0.15, 0.2) is 5.60 Å². The van der Waals surface area contributed by atoms with Crippen LogP contribution in [0.1, 0.15) is 51.8 Å². The molecule has 0 radical (unpaired) electrons. The molecule has 0 aliphatic rings. The van der Waals surface area contributed by atoms with E-state index in [1.54, 1.807) is 43.4 Å². The van der Waals surface area contributed by atoms with Crippen LogP contribution >= 0.6 is 11.6 Å². The summed E-state index contributed by atoms with van der Waals surface area (Å²) in [5.74, 6) is 2.55. The van der Waals surface area contributed by atoms with E-state index in [0.29, 0.717) is 39.2 Å². The molecule has 202 valence electrons. The van der Waals surface area contributed by atoms with Crippen molar-refractivity contribution in [2.24, 2.45) is 15.9 Å². The van der Waals surface area contributed by atoms with Crippen molar-refractivity contribution < 1.29 is 13.9 Å². The van der Waals surface area contributed by atoms with Crippen molar-refractivity contribution in [3.63, 3.8) is 0 Å². The van der Waals surface area contributed by atoms with Gasteiger partial charge in [-0.2, -0.15) is 5.10 Å². The van der Waals surface area contributed by atoms with Gasteiger partial charge in [0.25, 0.3) is 5.92 Å². The number of nitrogens with two attached hydrogens (primary N) is 1. The number of nitrogens with zero attached hydrogens (tertiary/aromatic N) is 4. The molecule has 4 rings (SSSR count). The fraction of sp³-hybridized carbons (Fsp3) is 0.267. The zero-order chi connectivity index (χ0) is 28.5. The van der Waals surface area contributed by atoms with Gasteiger partial charge in [-0.3, -0.25) is 15.0 Å². The van der Waals surface area contributed by atoms with Gasteiger partial charge in [0.05, 0.1) is 22.5 Å². The number of fused-ring (bicyclic) bond motifs is 1. The number of aliphatic hydroxyl groups is 1. The molecule has 1 atom stereocenters. The van der Waals surface area contributed by atoms with Crippen LogP contribution in [0.4, 0.5) is 8.78 Å². The minimum absolute atomic E-state index is 0.0510. The number of aryl methyl sites for hydroxylation is 3. The van der Waals surface area contributed by atoms with E-state index in [2.05, 4.69) is 15.1 Å². The van der Waals surface area contributed by atoms with E-state index >= 15 is 0 Å². The summed E-state index contributed by atoms with van der Waals surface area (Å²) >= 11 is 6.96. The molecule has 0 saturated heterocycles. The fourth-order valence-corrected chi connectivity index (χ4v) is 5.18. The lowest BCUT2D eigenvalue weighted by atomic mass is 9.81. The molecule has 3 N–H and O–H groups in total. The van der Waals surface area contributed by atoms with Gasteiger partial charge in [-0.25, -0.2) is 8.78 Å². The molecule has 0 fully saturated rings. The third-order valence-electron chi connectivity index (χ3n) is 6.91. The first-order chi connectivity index (χ1) is 18.4. The van der Waals surface area contributed by atoms with Gasteiger partial charge in [0, 0.05) is 54.0 Å². The van der Waals surface area contributed by atoms with Crippen LogP contribution in [-0.4, -0.2) is 34.0 Å². The van der Waals surface area contributed by atoms with Gasteiger partial charge >= 0.3 is 0 Å². The summed E-state index contributed by atoms with van der Waals surface area (Å²) in [5.41, 5.74) is 3.85. The SMILES string of the molecule is CN=C(C=NN)C(O)(c1ccc2nc(C)c(Cc3ccc(C(C)(F)F)cc3)c(Cl)c2c1)c1ccc(C)nc1C. The molecule has 0 bridgehead atoms. The third-order valence-corrected chi connectivity index (χ3v) is 7.34. The highest BCUT2D eigenvalue weighted by molar-refractivity contribution is 6.37. The molecule has 2 aromatic heterocycles. The van der Waals surface area contributed by atoms with Crippen LogP contribution in [0.15, 0.2) is 64.7 Å². The predicted molar refractivity (Wildman–Crippen MR) is 153 cm³/mol. The van der Waals surface area contributed by atoms with Crippen molar-refractivity contribution in [2.75, 3.05) is 7.05 Å². The summed E-state index contributed by atoms with van der Waals surface area (Å²) in [7, 11) is 1.55. The van der Waals surface area contributed by atoms with Crippen LogP contribution in [0.3, 0.4) is 0 Å². The van der Waals surface area contributed by atoms with E-state index in [9.17, 15) is 13.9 Å². The topological polar surface area (TPSA) is 96.8 Å². The molecule has 39 heavy (non-hydrogen) atoms. The largest absolute Gasteiger partial charge is 0.374 e.